The van der Waals surface area contributed by atoms with E-state index in [-0.39, 0.29) is 12.5 Å². The van der Waals surface area contributed by atoms with Gasteiger partial charge in [-0.15, -0.1) is 0 Å². The summed E-state index contributed by atoms with van der Waals surface area (Å²) in [7, 11) is 1.88. The summed E-state index contributed by atoms with van der Waals surface area (Å²) in [5.74, 6) is -0.328. The Kier molecular flexibility index (Phi) is 4.39. The largest absolute Gasteiger partial charge is 0.365 e. The first-order valence-corrected chi connectivity index (χ1v) is 5.28. The molecule has 3 N–H and O–H groups in total. The maximum absolute atomic E-state index is 10.7. The summed E-state index contributed by atoms with van der Waals surface area (Å²) in [4.78, 5) is 11.7. The Morgan fingerprint density at radius 2 is 2.13 bits per heavy atom. The molecule has 0 spiro atoms. The number of carbonyl (C=O) groups is 1. The van der Waals surface area contributed by atoms with Crippen molar-refractivity contribution in [1.82, 2.24) is 0 Å². The van der Waals surface area contributed by atoms with Gasteiger partial charge in [-0.05, 0) is 6.07 Å². The SMILES string of the molecule is C[NH+](CC(N)=O)Cc1cccc(Cl)c1Cl. The number of halogens is 2. The Hall–Kier alpha value is -0.770. The van der Waals surface area contributed by atoms with E-state index in [0.717, 1.165) is 10.5 Å². The van der Waals surface area contributed by atoms with Crippen molar-refractivity contribution in [3.05, 3.63) is 33.8 Å². The van der Waals surface area contributed by atoms with Gasteiger partial charge in [0.05, 0.1) is 17.1 Å². The molecule has 0 heterocycles. The average molecular weight is 248 g/mol. The lowest BCUT2D eigenvalue weighted by Gasteiger charge is -2.13. The molecule has 15 heavy (non-hydrogen) atoms. The fraction of sp³-hybridized carbons (Fsp3) is 0.300. The van der Waals surface area contributed by atoms with Crippen LogP contribution in [0.3, 0.4) is 0 Å². The molecule has 1 aromatic carbocycles. The number of carbonyl (C=O) groups excluding carboxylic acids is 1. The zero-order chi connectivity index (χ0) is 11.4. The van der Waals surface area contributed by atoms with Crippen LogP contribution in [0.4, 0.5) is 0 Å². The van der Waals surface area contributed by atoms with Crippen LogP contribution < -0.4 is 10.6 Å². The van der Waals surface area contributed by atoms with Gasteiger partial charge in [-0.2, -0.15) is 0 Å². The van der Waals surface area contributed by atoms with Crippen LogP contribution in [-0.4, -0.2) is 19.5 Å². The first-order chi connectivity index (χ1) is 7.00. The smallest absolute Gasteiger partial charge is 0.272 e. The Morgan fingerprint density at radius 3 is 2.73 bits per heavy atom. The number of likely N-dealkylation sites (N-methyl/N-ethyl adjacent to an activating group) is 1. The highest BCUT2D eigenvalue weighted by Gasteiger charge is 2.11. The molecule has 1 aromatic rings. The zero-order valence-corrected chi connectivity index (χ0v) is 9.90. The fourth-order valence-corrected chi connectivity index (χ4v) is 1.76. The van der Waals surface area contributed by atoms with Crippen LogP contribution in [-0.2, 0) is 11.3 Å². The van der Waals surface area contributed by atoms with Gasteiger partial charge < -0.3 is 10.6 Å². The Bertz CT molecular complexity index is 368. The second-order valence-electron chi connectivity index (χ2n) is 3.49. The Labute approximate surface area is 98.8 Å². The first-order valence-electron chi connectivity index (χ1n) is 4.53. The van der Waals surface area contributed by atoms with Crippen LogP contribution in [0, 0.1) is 0 Å². The third-order valence-corrected chi connectivity index (χ3v) is 2.86. The van der Waals surface area contributed by atoms with Crippen LogP contribution >= 0.6 is 23.2 Å². The molecule has 0 aliphatic rings. The van der Waals surface area contributed by atoms with Crippen LogP contribution in [0.1, 0.15) is 5.56 Å². The van der Waals surface area contributed by atoms with Crippen molar-refractivity contribution in [1.29, 1.82) is 0 Å². The molecule has 0 aliphatic carbocycles. The van der Waals surface area contributed by atoms with E-state index in [9.17, 15) is 4.79 Å². The minimum atomic E-state index is -0.328. The highest BCUT2D eigenvalue weighted by atomic mass is 35.5. The standard InChI is InChI=1S/C10H12Cl2N2O/c1-14(6-9(13)15)5-7-3-2-4-8(11)10(7)12/h2-4H,5-6H2,1H3,(H2,13,15)/p+1. The van der Waals surface area contributed by atoms with E-state index in [1.54, 1.807) is 6.07 Å². The van der Waals surface area contributed by atoms with Gasteiger partial charge in [0.2, 0.25) is 0 Å². The van der Waals surface area contributed by atoms with E-state index in [1.165, 1.54) is 0 Å². The van der Waals surface area contributed by atoms with Gasteiger partial charge in [-0.1, -0.05) is 35.3 Å². The molecule has 3 nitrogen and oxygen atoms in total. The summed E-state index contributed by atoms with van der Waals surface area (Å²) in [6, 6.07) is 5.45. The zero-order valence-electron chi connectivity index (χ0n) is 8.39. The molecule has 0 saturated carbocycles. The maximum Gasteiger partial charge on any atom is 0.272 e. The van der Waals surface area contributed by atoms with E-state index < -0.39 is 0 Å². The topological polar surface area (TPSA) is 47.5 Å². The van der Waals surface area contributed by atoms with Crippen molar-refractivity contribution in [2.45, 2.75) is 6.54 Å². The lowest BCUT2D eigenvalue weighted by molar-refractivity contribution is -0.885. The van der Waals surface area contributed by atoms with Gasteiger partial charge in [0.15, 0.2) is 6.54 Å². The minimum absolute atomic E-state index is 0.281. The van der Waals surface area contributed by atoms with Gasteiger partial charge in [-0.25, -0.2) is 0 Å². The molecule has 82 valence electrons. The van der Waals surface area contributed by atoms with Crippen LogP contribution in [0.5, 0.6) is 0 Å². The predicted octanol–water partition coefficient (Wildman–Crippen LogP) is 0.493. The van der Waals surface area contributed by atoms with Crippen molar-refractivity contribution >= 4 is 29.1 Å². The first kappa shape index (κ1) is 12.3. The monoisotopic (exact) mass is 247 g/mol. The number of quaternary nitrogens is 1. The van der Waals surface area contributed by atoms with Gasteiger partial charge in [-0.3, -0.25) is 4.79 Å². The molecule has 0 fully saturated rings. The summed E-state index contributed by atoms with van der Waals surface area (Å²) in [5, 5.41) is 1.07. The highest BCUT2D eigenvalue weighted by Crippen LogP contribution is 2.24. The Morgan fingerprint density at radius 1 is 1.47 bits per heavy atom. The third kappa shape index (κ3) is 3.70. The Balaban J connectivity index is 2.72. The molecule has 1 atom stereocenters. The van der Waals surface area contributed by atoms with Gasteiger partial charge in [0.25, 0.3) is 5.91 Å². The van der Waals surface area contributed by atoms with Crippen LogP contribution in [0.25, 0.3) is 0 Å². The van der Waals surface area contributed by atoms with E-state index in [2.05, 4.69) is 0 Å². The molecule has 1 rings (SSSR count). The quantitative estimate of drug-likeness (QED) is 0.800. The number of amides is 1. The number of nitrogens with one attached hydrogen (secondary N) is 1. The highest BCUT2D eigenvalue weighted by molar-refractivity contribution is 6.42. The van der Waals surface area contributed by atoms with Crippen LogP contribution in [0.15, 0.2) is 18.2 Å². The summed E-state index contributed by atoms with van der Waals surface area (Å²) >= 11 is 11.9. The summed E-state index contributed by atoms with van der Waals surface area (Å²) < 4.78 is 0. The third-order valence-electron chi connectivity index (χ3n) is 2.00. The summed E-state index contributed by atoms with van der Waals surface area (Å²) in [6.45, 7) is 0.908. The van der Waals surface area contributed by atoms with Crippen molar-refractivity contribution in [2.75, 3.05) is 13.6 Å². The fourth-order valence-electron chi connectivity index (χ4n) is 1.37. The van der Waals surface area contributed by atoms with Gasteiger partial charge in [0, 0.05) is 5.56 Å². The van der Waals surface area contributed by atoms with Crippen molar-refractivity contribution in [3.63, 3.8) is 0 Å². The van der Waals surface area contributed by atoms with Gasteiger partial charge in [0.1, 0.15) is 6.54 Å². The lowest BCUT2D eigenvalue weighted by Crippen LogP contribution is -3.08. The molecule has 5 heteroatoms. The lowest BCUT2D eigenvalue weighted by atomic mass is 10.2. The van der Waals surface area contributed by atoms with E-state index >= 15 is 0 Å². The number of benzene rings is 1. The second kappa shape index (κ2) is 5.35. The number of hydrogen-bond donors (Lipinski definition) is 2. The van der Waals surface area contributed by atoms with Crippen molar-refractivity contribution in [2.24, 2.45) is 5.73 Å². The second-order valence-corrected chi connectivity index (χ2v) is 4.28. The van der Waals surface area contributed by atoms with Crippen molar-refractivity contribution < 1.29 is 9.69 Å². The number of rotatable bonds is 4. The van der Waals surface area contributed by atoms with Crippen molar-refractivity contribution in [3.8, 4) is 0 Å². The number of primary amides is 1. The number of nitrogens with two attached hydrogens (primary N) is 1. The molecular weight excluding hydrogens is 235 g/mol. The average Bonchev–Trinajstić information content (AvgIpc) is 2.11. The maximum atomic E-state index is 10.7. The van der Waals surface area contributed by atoms with E-state index in [0.29, 0.717) is 16.6 Å². The molecule has 0 radical (unpaired) electrons. The summed E-state index contributed by atoms with van der Waals surface area (Å²) in [6.07, 6.45) is 0. The molecule has 0 saturated heterocycles. The number of hydrogen-bond acceptors (Lipinski definition) is 1. The molecular formula is C10H13Cl2N2O+. The minimum Gasteiger partial charge on any atom is -0.365 e. The van der Waals surface area contributed by atoms with Crippen LogP contribution in [0.2, 0.25) is 10.0 Å². The van der Waals surface area contributed by atoms with Gasteiger partial charge >= 0.3 is 0 Å². The predicted molar refractivity (Wildman–Crippen MR) is 61.1 cm³/mol. The molecule has 0 aliphatic heterocycles. The normalized spacial score (nSPS) is 12.5. The molecule has 0 aromatic heterocycles. The molecule has 0 bridgehead atoms. The van der Waals surface area contributed by atoms with E-state index in [4.69, 9.17) is 28.9 Å². The van der Waals surface area contributed by atoms with E-state index in [1.807, 2.05) is 19.2 Å². The molecule has 1 amide bonds. The molecule has 1 unspecified atom stereocenters. The summed E-state index contributed by atoms with van der Waals surface area (Å²) in [5.41, 5.74) is 6.02.